The normalized spacial score (nSPS) is 15.9. The third kappa shape index (κ3) is 3.63. The maximum Gasteiger partial charge on any atom is 0.235 e. The van der Waals surface area contributed by atoms with Crippen LogP contribution in [0.1, 0.15) is 31.2 Å². The lowest BCUT2D eigenvalue weighted by molar-refractivity contribution is 0.586. The molecule has 0 aromatic heterocycles. The third-order valence-corrected chi connectivity index (χ3v) is 5.56. The number of unbranched alkanes of at least 4 members (excludes halogenated alkanes) is 1. The highest BCUT2D eigenvalue weighted by atomic mass is 35.5. The molecule has 5 heteroatoms. The first-order valence-electron chi connectivity index (χ1n) is 6.79. The van der Waals surface area contributed by atoms with Gasteiger partial charge in [0.2, 0.25) is 10.0 Å². The molecule has 0 saturated heterocycles. The van der Waals surface area contributed by atoms with Gasteiger partial charge in [-0.05, 0) is 43.7 Å². The Hall–Kier alpha value is -0.740. The van der Waals surface area contributed by atoms with E-state index in [9.17, 15) is 8.42 Å². The molecule has 1 aromatic carbocycles. The third-order valence-electron chi connectivity index (χ3n) is 3.44. The lowest BCUT2D eigenvalue weighted by atomic mass is 10.1. The van der Waals surface area contributed by atoms with Crippen molar-refractivity contribution in [1.29, 1.82) is 0 Å². The Balaban J connectivity index is 2.23. The molecule has 0 aliphatic carbocycles. The van der Waals surface area contributed by atoms with E-state index in [0.717, 1.165) is 36.9 Å². The Bertz CT molecular complexity index is 516. The average Bonchev–Trinajstić information content (AvgIpc) is 2.61. The highest BCUT2D eigenvalue weighted by molar-refractivity contribution is 7.92. The van der Waals surface area contributed by atoms with Crippen LogP contribution in [0.2, 0.25) is 0 Å². The molecule has 0 amide bonds. The molecule has 0 unspecified atom stereocenters. The van der Waals surface area contributed by atoms with Gasteiger partial charge in [0.1, 0.15) is 0 Å². The van der Waals surface area contributed by atoms with Gasteiger partial charge in [-0.25, -0.2) is 8.42 Å². The van der Waals surface area contributed by atoms with E-state index in [2.05, 4.69) is 0 Å². The van der Waals surface area contributed by atoms with Crippen molar-refractivity contribution in [2.75, 3.05) is 22.5 Å². The van der Waals surface area contributed by atoms with Crippen molar-refractivity contribution in [2.45, 2.75) is 32.1 Å². The number of para-hydroxylation sites is 1. The average molecular weight is 302 g/mol. The largest absolute Gasteiger partial charge is 0.270 e. The molecule has 1 aliphatic rings. The predicted molar refractivity (Wildman–Crippen MR) is 80.5 cm³/mol. The summed E-state index contributed by atoms with van der Waals surface area (Å²) in [6.45, 7) is 0.597. The number of hydrogen-bond acceptors (Lipinski definition) is 2. The van der Waals surface area contributed by atoms with Crippen molar-refractivity contribution in [2.24, 2.45) is 0 Å². The van der Waals surface area contributed by atoms with Crippen molar-refractivity contribution in [1.82, 2.24) is 0 Å². The fourth-order valence-electron chi connectivity index (χ4n) is 2.43. The minimum atomic E-state index is -3.22. The van der Waals surface area contributed by atoms with E-state index < -0.39 is 10.0 Å². The lowest BCUT2D eigenvalue weighted by Crippen LogP contribution is -2.33. The molecule has 106 valence electrons. The van der Waals surface area contributed by atoms with Crippen LogP contribution in [-0.2, 0) is 16.4 Å². The van der Waals surface area contributed by atoms with Crippen LogP contribution in [0.4, 0.5) is 5.69 Å². The van der Waals surface area contributed by atoms with Crippen molar-refractivity contribution in [3.63, 3.8) is 0 Å². The molecule has 0 N–H and O–H groups in total. The molecular formula is C14H20ClNO2S. The molecule has 1 aromatic rings. The minimum Gasteiger partial charge on any atom is -0.270 e. The predicted octanol–water partition coefficient (Wildman–Crippen LogP) is 3.18. The van der Waals surface area contributed by atoms with Crippen LogP contribution in [0.5, 0.6) is 0 Å². The van der Waals surface area contributed by atoms with Gasteiger partial charge in [-0.1, -0.05) is 18.2 Å². The molecule has 19 heavy (non-hydrogen) atoms. The Morgan fingerprint density at radius 3 is 2.74 bits per heavy atom. The number of benzene rings is 1. The Morgan fingerprint density at radius 1 is 1.16 bits per heavy atom. The number of sulfonamides is 1. The zero-order valence-electron chi connectivity index (χ0n) is 11.0. The summed E-state index contributed by atoms with van der Waals surface area (Å²) in [5.41, 5.74) is 2.01. The molecule has 1 aliphatic heterocycles. The topological polar surface area (TPSA) is 37.4 Å². The molecule has 3 nitrogen and oxygen atoms in total. The fourth-order valence-corrected chi connectivity index (χ4v) is 4.30. The first-order valence-corrected chi connectivity index (χ1v) is 8.94. The number of anilines is 1. The van der Waals surface area contributed by atoms with E-state index in [1.54, 1.807) is 4.31 Å². The van der Waals surface area contributed by atoms with Gasteiger partial charge in [-0.15, -0.1) is 11.6 Å². The smallest absolute Gasteiger partial charge is 0.235 e. The van der Waals surface area contributed by atoms with Gasteiger partial charge in [-0.2, -0.15) is 0 Å². The van der Waals surface area contributed by atoms with Gasteiger partial charge in [0.25, 0.3) is 0 Å². The number of alkyl halides is 1. The van der Waals surface area contributed by atoms with E-state index in [0.29, 0.717) is 18.8 Å². The van der Waals surface area contributed by atoms with Gasteiger partial charge in [0, 0.05) is 12.4 Å². The second-order valence-electron chi connectivity index (χ2n) is 4.87. The van der Waals surface area contributed by atoms with Gasteiger partial charge in [0.05, 0.1) is 11.4 Å². The fraction of sp³-hybridized carbons (Fsp3) is 0.571. The standard InChI is InChI=1S/C14H20ClNO2S/c15-10-4-6-12-19(17,18)16-11-5-3-8-13-7-1-2-9-14(13)16/h1-2,7,9H,3-6,8,10-12H2. The van der Waals surface area contributed by atoms with E-state index in [1.807, 2.05) is 24.3 Å². The van der Waals surface area contributed by atoms with Crippen molar-refractivity contribution >= 4 is 27.3 Å². The SMILES string of the molecule is O=S(=O)(CCCCCl)N1CCCCc2ccccc21. The van der Waals surface area contributed by atoms with E-state index in [4.69, 9.17) is 11.6 Å². The number of aryl methyl sites for hydroxylation is 1. The first-order chi connectivity index (χ1) is 9.15. The molecule has 0 atom stereocenters. The number of nitrogens with zero attached hydrogens (tertiary/aromatic N) is 1. The first kappa shape index (κ1) is 14.7. The summed E-state index contributed by atoms with van der Waals surface area (Å²) >= 11 is 5.61. The summed E-state index contributed by atoms with van der Waals surface area (Å²) in [4.78, 5) is 0. The number of hydrogen-bond donors (Lipinski definition) is 0. The quantitative estimate of drug-likeness (QED) is 0.619. The highest BCUT2D eigenvalue weighted by Crippen LogP contribution is 2.28. The van der Waals surface area contributed by atoms with E-state index in [1.165, 1.54) is 0 Å². The van der Waals surface area contributed by atoms with Crippen LogP contribution in [0.3, 0.4) is 0 Å². The molecule has 0 saturated carbocycles. The zero-order chi connectivity index (χ0) is 13.7. The Labute approximate surface area is 120 Å². The number of halogens is 1. The molecule has 0 fully saturated rings. The van der Waals surface area contributed by atoms with Crippen molar-refractivity contribution in [3.05, 3.63) is 29.8 Å². The zero-order valence-corrected chi connectivity index (χ0v) is 12.6. The van der Waals surface area contributed by atoms with Gasteiger partial charge < -0.3 is 0 Å². The van der Waals surface area contributed by atoms with Crippen LogP contribution in [0.25, 0.3) is 0 Å². The Morgan fingerprint density at radius 2 is 1.95 bits per heavy atom. The van der Waals surface area contributed by atoms with Crippen LogP contribution >= 0.6 is 11.6 Å². The molecule has 0 radical (unpaired) electrons. The van der Waals surface area contributed by atoms with Gasteiger partial charge in [-0.3, -0.25) is 4.31 Å². The van der Waals surface area contributed by atoms with Crippen molar-refractivity contribution < 1.29 is 8.42 Å². The van der Waals surface area contributed by atoms with E-state index >= 15 is 0 Å². The second kappa shape index (κ2) is 6.62. The summed E-state index contributed by atoms with van der Waals surface area (Å²) in [6, 6.07) is 7.83. The summed E-state index contributed by atoms with van der Waals surface area (Å²) < 4.78 is 26.5. The molecule has 1 heterocycles. The van der Waals surface area contributed by atoms with E-state index in [-0.39, 0.29) is 5.75 Å². The van der Waals surface area contributed by atoms with Gasteiger partial charge >= 0.3 is 0 Å². The summed E-state index contributed by atoms with van der Waals surface area (Å²) in [5.74, 6) is 0.708. The molecule has 2 rings (SSSR count). The molecule has 0 spiro atoms. The number of rotatable bonds is 5. The highest BCUT2D eigenvalue weighted by Gasteiger charge is 2.25. The van der Waals surface area contributed by atoms with Crippen LogP contribution < -0.4 is 4.31 Å². The summed E-state index contributed by atoms with van der Waals surface area (Å²) in [6.07, 6.45) is 4.30. The maximum atomic E-state index is 12.5. The second-order valence-corrected chi connectivity index (χ2v) is 7.26. The Kier molecular flexibility index (Phi) is 5.11. The summed E-state index contributed by atoms with van der Waals surface area (Å²) in [5, 5.41) is 0. The van der Waals surface area contributed by atoms with Gasteiger partial charge in [0.15, 0.2) is 0 Å². The van der Waals surface area contributed by atoms with Crippen molar-refractivity contribution in [3.8, 4) is 0 Å². The monoisotopic (exact) mass is 301 g/mol. The lowest BCUT2D eigenvalue weighted by Gasteiger charge is -2.24. The van der Waals surface area contributed by atoms with Crippen LogP contribution in [0.15, 0.2) is 24.3 Å². The summed E-state index contributed by atoms with van der Waals surface area (Å²) in [7, 11) is -3.22. The van der Waals surface area contributed by atoms with Crippen LogP contribution in [-0.4, -0.2) is 26.6 Å². The number of fused-ring (bicyclic) bond motifs is 1. The maximum absolute atomic E-state index is 12.5. The van der Waals surface area contributed by atoms with Crippen LogP contribution in [0, 0.1) is 0 Å². The molecular weight excluding hydrogens is 282 g/mol. The molecule has 0 bridgehead atoms. The minimum absolute atomic E-state index is 0.189.